The van der Waals surface area contributed by atoms with E-state index in [0.717, 1.165) is 42.0 Å². The molecule has 3 aromatic rings. The minimum Gasteiger partial charge on any atom is -0.374 e. The maximum atomic E-state index is 13.5. The molecule has 5 nitrogen and oxygen atoms in total. The second-order valence-corrected chi connectivity index (χ2v) is 6.70. The molecule has 0 amide bonds. The number of anilines is 1. The lowest BCUT2D eigenvalue weighted by molar-refractivity contribution is 0.0989. The van der Waals surface area contributed by atoms with Gasteiger partial charge in [-0.05, 0) is 37.6 Å². The molecule has 2 unspecified atom stereocenters. The first-order chi connectivity index (χ1) is 12.2. The lowest BCUT2D eigenvalue weighted by Crippen LogP contribution is -2.37. The second-order valence-electron chi connectivity index (χ2n) is 6.70. The van der Waals surface area contributed by atoms with Crippen molar-refractivity contribution in [2.75, 3.05) is 18.1 Å². The number of hydrogen-bond acceptors (Lipinski definition) is 5. The summed E-state index contributed by atoms with van der Waals surface area (Å²) in [6, 6.07) is 9.01. The summed E-state index contributed by atoms with van der Waals surface area (Å²) in [4.78, 5) is 16.0. The molecule has 2 aromatic heterocycles. The Hall–Kier alpha value is -2.60. The molecule has 2 aliphatic heterocycles. The first-order valence-corrected chi connectivity index (χ1v) is 8.46. The van der Waals surface area contributed by atoms with E-state index in [1.165, 1.54) is 12.1 Å². The number of nitrogens with zero attached hydrogens (tertiary/aromatic N) is 4. The lowest BCUT2D eigenvalue weighted by Gasteiger charge is -2.27. The number of rotatable bonds is 2. The van der Waals surface area contributed by atoms with Crippen LogP contribution in [0.1, 0.15) is 12.1 Å². The minimum atomic E-state index is -0.295. The van der Waals surface area contributed by atoms with Crippen molar-refractivity contribution in [3.63, 3.8) is 0 Å². The van der Waals surface area contributed by atoms with E-state index in [9.17, 15) is 4.39 Å². The highest BCUT2D eigenvalue weighted by molar-refractivity contribution is 5.82. The molecule has 0 spiro atoms. The van der Waals surface area contributed by atoms with Gasteiger partial charge in [0.1, 0.15) is 11.6 Å². The van der Waals surface area contributed by atoms with Crippen LogP contribution in [-0.2, 0) is 4.74 Å². The second kappa shape index (κ2) is 5.46. The van der Waals surface area contributed by atoms with Crippen LogP contribution >= 0.6 is 0 Å². The van der Waals surface area contributed by atoms with Crippen LogP contribution in [0.15, 0.2) is 36.5 Å². The molecule has 5 rings (SSSR count). The molecule has 2 atom stereocenters. The third kappa shape index (κ3) is 2.44. The van der Waals surface area contributed by atoms with Crippen LogP contribution in [0, 0.1) is 12.7 Å². The number of aryl methyl sites for hydroxylation is 1. The molecule has 25 heavy (non-hydrogen) atoms. The summed E-state index contributed by atoms with van der Waals surface area (Å²) in [5.41, 5.74) is 2.28. The zero-order valence-corrected chi connectivity index (χ0v) is 13.8. The number of morpholine rings is 1. The van der Waals surface area contributed by atoms with Crippen LogP contribution in [-0.4, -0.2) is 40.2 Å². The van der Waals surface area contributed by atoms with Gasteiger partial charge in [0.2, 0.25) is 0 Å². The number of halogens is 1. The van der Waals surface area contributed by atoms with Gasteiger partial charge in [-0.15, -0.1) is 0 Å². The molecule has 2 fully saturated rings. The van der Waals surface area contributed by atoms with Crippen LogP contribution in [0.25, 0.3) is 22.3 Å². The number of benzene rings is 1. The molecule has 0 N–H and O–H groups in total. The fraction of sp³-hybridized carbons (Fsp3) is 0.316. The van der Waals surface area contributed by atoms with E-state index in [1.54, 1.807) is 12.3 Å². The van der Waals surface area contributed by atoms with E-state index in [2.05, 4.69) is 19.9 Å². The maximum Gasteiger partial charge on any atom is 0.161 e. The highest BCUT2D eigenvalue weighted by Crippen LogP contribution is 2.32. The van der Waals surface area contributed by atoms with Crippen molar-refractivity contribution >= 4 is 16.7 Å². The summed E-state index contributed by atoms with van der Waals surface area (Å²) < 4.78 is 19.2. The first-order valence-electron chi connectivity index (χ1n) is 8.46. The Morgan fingerprint density at radius 1 is 1.20 bits per heavy atom. The predicted octanol–water partition coefficient (Wildman–Crippen LogP) is 3.12. The van der Waals surface area contributed by atoms with E-state index in [4.69, 9.17) is 4.74 Å². The largest absolute Gasteiger partial charge is 0.374 e. The molecular weight excluding hydrogens is 319 g/mol. The normalized spacial score (nSPS) is 22.1. The van der Waals surface area contributed by atoms with Crippen LogP contribution in [0.3, 0.4) is 0 Å². The van der Waals surface area contributed by atoms with Gasteiger partial charge in [-0.2, -0.15) is 0 Å². The smallest absolute Gasteiger partial charge is 0.161 e. The molecular formula is C19H17FN4O. The highest BCUT2D eigenvalue weighted by Gasteiger charge is 2.39. The number of pyridine rings is 1. The molecule has 2 aliphatic rings. The quantitative estimate of drug-likeness (QED) is 0.720. The summed E-state index contributed by atoms with van der Waals surface area (Å²) >= 11 is 0. The third-order valence-corrected chi connectivity index (χ3v) is 5.05. The summed E-state index contributed by atoms with van der Waals surface area (Å²) in [6.07, 6.45) is 3.22. The number of ether oxygens (including phenoxy) is 1. The summed E-state index contributed by atoms with van der Waals surface area (Å²) in [5.74, 6) is 1.24. The molecule has 0 saturated carbocycles. The highest BCUT2D eigenvalue weighted by atomic mass is 19.1. The molecule has 2 bridgehead atoms. The Morgan fingerprint density at radius 2 is 2.12 bits per heavy atom. The van der Waals surface area contributed by atoms with Gasteiger partial charge < -0.3 is 9.64 Å². The number of fused-ring (bicyclic) bond motifs is 3. The number of aromatic nitrogens is 3. The van der Waals surface area contributed by atoms with E-state index in [-0.39, 0.29) is 5.82 Å². The molecule has 0 radical (unpaired) electrons. The van der Waals surface area contributed by atoms with Crippen LogP contribution in [0.4, 0.5) is 10.2 Å². The monoisotopic (exact) mass is 336 g/mol. The number of hydrogen-bond donors (Lipinski definition) is 0. The Labute approximate surface area is 144 Å². The summed E-state index contributed by atoms with van der Waals surface area (Å²) in [7, 11) is 0. The Morgan fingerprint density at radius 3 is 2.84 bits per heavy atom. The first kappa shape index (κ1) is 14.7. The van der Waals surface area contributed by atoms with Gasteiger partial charge in [0.15, 0.2) is 5.82 Å². The van der Waals surface area contributed by atoms with E-state index >= 15 is 0 Å². The van der Waals surface area contributed by atoms with Crippen molar-refractivity contribution in [2.24, 2.45) is 0 Å². The average molecular weight is 336 g/mol. The van der Waals surface area contributed by atoms with Crippen LogP contribution in [0.2, 0.25) is 0 Å². The maximum absolute atomic E-state index is 13.5. The SMILES string of the molecule is Cc1nc(-c2ccc(N3CC4CC3CO4)nc2)nc2cc(F)ccc12. The summed E-state index contributed by atoms with van der Waals surface area (Å²) in [5, 5.41) is 0.864. The van der Waals surface area contributed by atoms with Gasteiger partial charge in [0.05, 0.1) is 24.3 Å². The zero-order chi connectivity index (χ0) is 17.0. The molecule has 1 aromatic carbocycles. The molecule has 6 heteroatoms. The van der Waals surface area contributed by atoms with Crippen LogP contribution < -0.4 is 4.90 Å². The van der Waals surface area contributed by atoms with Gasteiger partial charge in [0.25, 0.3) is 0 Å². The Bertz CT molecular complexity index is 960. The van der Waals surface area contributed by atoms with Crippen LogP contribution in [0.5, 0.6) is 0 Å². The van der Waals surface area contributed by atoms with Gasteiger partial charge in [-0.25, -0.2) is 19.3 Å². The molecule has 0 aliphatic carbocycles. The van der Waals surface area contributed by atoms with E-state index in [0.29, 0.717) is 23.5 Å². The molecule has 2 saturated heterocycles. The predicted molar refractivity (Wildman–Crippen MR) is 93.0 cm³/mol. The van der Waals surface area contributed by atoms with E-state index in [1.807, 2.05) is 19.1 Å². The van der Waals surface area contributed by atoms with Crippen molar-refractivity contribution in [3.8, 4) is 11.4 Å². The van der Waals surface area contributed by atoms with E-state index < -0.39 is 0 Å². The van der Waals surface area contributed by atoms with Crippen molar-refractivity contribution in [3.05, 3.63) is 48.0 Å². The third-order valence-electron chi connectivity index (χ3n) is 5.05. The fourth-order valence-corrected chi connectivity index (χ4v) is 3.76. The van der Waals surface area contributed by atoms with Crippen molar-refractivity contribution in [1.82, 2.24) is 15.0 Å². The van der Waals surface area contributed by atoms with Gasteiger partial charge in [0, 0.05) is 35.5 Å². The van der Waals surface area contributed by atoms with Crippen molar-refractivity contribution < 1.29 is 9.13 Å². The summed E-state index contributed by atoms with van der Waals surface area (Å²) in [6.45, 7) is 3.60. The minimum absolute atomic E-state index is 0.295. The van der Waals surface area contributed by atoms with Gasteiger partial charge in [-0.1, -0.05) is 0 Å². The van der Waals surface area contributed by atoms with Crippen molar-refractivity contribution in [1.29, 1.82) is 0 Å². The van der Waals surface area contributed by atoms with Gasteiger partial charge in [-0.3, -0.25) is 0 Å². The standard InChI is InChI=1S/C19H17FN4O/c1-11-16-4-3-13(20)6-17(16)23-19(22-11)12-2-5-18(21-8-12)24-9-15-7-14(24)10-25-15/h2-6,8,14-15H,7,9-10H2,1H3. The average Bonchev–Trinajstić information content (AvgIpc) is 3.25. The van der Waals surface area contributed by atoms with Gasteiger partial charge >= 0.3 is 0 Å². The van der Waals surface area contributed by atoms with Crippen molar-refractivity contribution in [2.45, 2.75) is 25.5 Å². The molecule has 4 heterocycles. The lowest BCUT2D eigenvalue weighted by atomic mass is 10.1. The Balaban J connectivity index is 1.50. The topological polar surface area (TPSA) is 51.1 Å². The molecule has 126 valence electrons. The zero-order valence-electron chi connectivity index (χ0n) is 13.8. The Kier molecular flexibility index (Phi) is 3.21. The fourth-order valence-electron chi connectivity index (χ4n) is 3.76.